The average Bonchev–Trinajstić information content (AvgIpc) is 2.42. The first kappa shape index (κ1) is 16.6. The van der Waals surface area contributed by atoms with Crippen LogP contribution in [-0.2, 0) is 0 Å². The van der Waals surface area contributed by atoms with Gasteiger partial charge in [-0.1, -0.05) is 6.07 Å². The van der Waals surface area contributed by atoms with E-state index in [0.717, 1.165) is 23.0 Å². The highest BCUT2D eigenvalue weighted by Crippen LogP contribution is 2.30. The maximum atomic E-state index is 4.79. The predicted octanol–water partition coefficient (Wildman–Crippen LogP) is 4.53. The molecule has 2 unspecified atom stereocenters. The number of hydrogen-bond donors (Lipinski definition) is 2. The van der Waals surface area contributed by atoms with Crippen molar-refractivity contribution in [2.75, 3.05) is 23.0 Å². The maximum absolute atomic E-state index is 4.79. The highest BCUT2D eigenvalue weighted by atomic mass is 32.2. The molecule has 102 valence electrons. The fourth-order valence-corrected chi connectivity index (χ4v) is 3.71. The molecule has 1 rings (SSSR count). The van der Waals surface area contributed by atoms with Crippen LogP contribution in [0.5, 0.6) is 0 Å². The summed E-state index contributed by atoms with van der Waals surface area (Å²) in [5.41, 5.74) is 2.36. The van der Waals surface area contributed by atoms with Crippen LogP contribution in [-0.4, -0.2) is 28.0 Å². The van der Waals surface area contributed by atoms with Crippen LogP contribution in [0, 0.1) is 0 Å². The molecular weight excluding hydrogens is 298 g/mol. The van der Waals surface area contributed by atoms with Gasteiger partial charge in [-0.3, -0.25) is 4.98 Å². The second kappa shape index (κ2) is 9.45. The summed E-state index contributed by atoms with van der Waals surface area (Å²) in [6.45, 7) is 4.43. The van der Waals surface area contributed by atoms with Crippen molar-refractivity contribution in [1.82, 2.24) is 4.98 Å². The zero-order chi connectivity index (χ0) is 13.4. The normalized spacial score (nSPS) is 14.4. The standard InChI is InChI=1S/C13H21NS4/c1-10(17-8-6-15)12-4-3-5-13(14-12)11(2)18-9-7-16/h3-5,10-11,15-16H,6-9H2,1-2H3. The second-order valence-corrected chi connectivity index (χ2v) is 7.75. The Balaban J connectivity index is 2.66. The lowest BCUT2D eigenvalue weighted by Crippen LogP contribution is -2.00. The number of rotatable bonds is 8. The van der Waals surface area contributed by atoms with Gasteiger partial charge in [0.1, 0.15) is 0 Å². The molecule has 0 aromatic carbocycles. The zero-order valence-electron chi connectivity index (χ0n) is 10.9. The zero-order valence-corrected chi connectivity index (χ0v) is 14.3. The molecule has 1 heterocycles. The molecular formula is C13H21NS4. The van der Waals surface area contributed by atoms with Crippen LogP contribution >= 0.6 is 48.8 Å². The minimum atomic E-state index is 0.444. The van der Waals surface area contributed by atoms with E-state index in [9.17, 15) is 0 Å². The molecule has 18 heavy (non-hydrogen) atoms. The molecule has 0 aliphatic rings. The third-order valence-corrected chi connectivity index (χ3v) is 5.96. The van der Waals surface area contributed by atoms with Crippen LogP contribution in [0.2, 0.25) is 0 Å². The van der Waals surface area contributed by atoms with Crippen molar-refractivity contribution in [1.29, 1.82) is 0 Å². The molecule has 0 saturated heterocycles. The van der Waals surface area contributed by atoms with Gasteiger partial charge in [-0.05, 0) is 37.5 Å². The first-order chi connectivity index (χ1) is 8.69. The van der Waals surface area contributed by atoms with E-state index < -0.39 is 0 Å². The van der Waals surface area contributed by atoms with Crippen molar-refractivity contribution in [2.24, 2.45) is 0 Å². The lowest BCUT2D eigenvalue weighted by Gasteiger charge is -2.14. The Bertz CT molecular complexity index is 316. The summed E-state index contributed by atoms with van der Waals surface area (Å²) in [6, 6.07) is 6.36. The van der Waals surface area contributed by atoms with Gasteiger partial charge < -0.3 is 0 Å². The summed E-state index contributed by atoms with van der Waals surface area (Å²) in [5.74, 6) is 3.98. The van der Waals surface area contributed by atoms with E-state index in [1.54, 1.807) is 0 Å². The molecule has 0 aliphatic heterocycles. The summed E-state index contributed by atoms with van der Waals surface area (Å²) < 4.78 is 0. The molecule has 0 N–H and O–H groups in total. The molecule has 0 amide bonds. The fourth-order valence-electron chi connectivity index (χ4n) is 1.55. The molecule has 0 radical (unpaired) electrons. The highest BCUT2D eigenvalue weighted by Gasteiger charge is 2.11. The summed E-state index contributed by atoms with van der Waals surface area (Å²) in [6.07, 6.45) is 0. The average molecular weight is 320 g/mol. The van der Waals surface area contributed by atoms with Crippen molar-refractivity contribution < 1.29 is 0 Å². The first-order valence-corrected chi connectivity index (χ1v) is 9.47. The van der Waals surface area contributed by atoms with Gasteiger partial charge in [-0.15, -0.1) is 0 Å². The maximum Gasteiger partial charge on any atom is 0.0534 e. The SMILES string of the molecule is CC(SCCS)c1cccc(C(C)SCCS)n1. The largest absolute Gasteiger partial charge is 0.256 e. The van der Waals surface area contributed by atoms with Gasteiger partial charge in [0, 0.05) is 22.0 Å². The third-order valence-electron chi connectivity index (χ3n) is 2.54. The van der Waals surface area contributed by atoms with E-state index in [-0.39, 0.29) is 0 Å². The molecule has 1 nitrogen and oxygen atoms in total. The van der Waals surface area contributed by atoms with Crippen molar-refractivity contribution >= 4 is 48.8 Å². The Morgan fingerprint density at radius 1 is 1.00 bits per heavy atom. The lowest BCUT2D eigenvalue weighted by molar-refractivity contribution is 0.929. The number of aromatic nitrogens is 1. The van der Waals surface area contributed by atoms with E-state index in [4.69, 9.17) is 4.98 Å². The van der Waals surface area contributed by atoms with Gasteiger partial charge in [0.25, 0.3) is 0 Å². The molecule has 1 aromatic heterocycles. The Morgan fingerprint density at radius 2 is 1.44 bits per heavy atom. The number of thiol groups is 2. The summed E-state index contributed by atoms with van der Waals surface area (Å²) >= 11 is 12.3. The van der Waals surface area contributed by atoms with Crippen molar-refractivity contribution in [2.45, 2.75) is 24.3 Å². The van der Waals surface area contributed by atoms with Crippen LogP contribution in [0.1, 0.15) is 35.7 Å². The van der Waals surface area contributed by atoms with Gasteiger partial charge in [0.15, 0.2) is 0 Å². The minimum Gasteiger partial charge on any atom is -0.256 e. The summed E-state index contributed by atoms with van der Waals surface area (Å²) in [5, 5.41) is 0.887. The molecule has 0 aliphatic carbocycles. The molecule has 5 heteroatoms. The minimum absolute atomic E-state index is 0.444. The van der Waals surface area contributed by atoms with Crippen molar-refractivity contribution in [3.63, 3.8) is 0 Å². The van der Waals surface area contributed by atoms with E-state index in [0.29, 0.717) is 10.5 Å². The molecule has 0 fully saturated rings. The summed E-state index contributed by atoms with van der Waals surface area (Å²) in [7, 11) is 0. The van der Waals surface area contributed by atoms with Crippen LogP contribution in [0.25, 0.3) is 0 Å². The Kier molecular flexibility index (Phi) is 8.72. The van der Waals surface area contributed by atoms with Gasteiger partial charge in [0.2, 0.25) is 0 Å². The lowest BCUT2D eigenvalue weighted by atomic mass is 10.2. The van der Waals surface area contributed by atoms with Gasteiger partial charge >= 0.3 is 0 Å². The monoisotopic (exact) mass is 319 g/mol. The van der Waals surface area contributed by atoms with E-state index in [1.807, 2.05) is 23.5 Å². The fraction of sp³-hybridized carbons (Fsp3) is 0.615. The van der Waals surface area contributed by atoms with Crippen molar-refractivity contribution in [3.8, 4) is 0 Å². The van der Waals surface area contributed by atoms with Crippen molar-refractivity contribution in [3.05, 3.63) is 29.6 Å². The molecule has 0 spiro atoms. The number of pyridine rings is 1. The topological polar surface area (TPSA) is 12.9 Å². The Hall–Kier alpha value is 0.550. The second-order valence-electron chi connectivity index (χ2n) is 3.96. The number of hydrogen-bond acceptors (Lipinski definition) is 5. The molecule has 1 aromatic rings. The van der Waals surface area contributed by atoms with Gasteiger partial charge in [0.05, 0.1) is 11.4 Å². The number of nitrogens with zero attached hydrogens (tertiary/aromatic N) is 1. The van der Waals surface area contributed by atoms with Crippen LogP contribution in [0.15, 0.2) is 18.2 Å². The van der Waals surface area contributed by atoms with Gasteiger partial charge in [-0.2, -0.15) is 48.8 Å². The van der Waals surface area contributed by atoms with Gasteiger partial charge in [-0.25, -0.2) is 0 Å². The Labute approximate surface area is 130 Å². The molecule has 0 bridgehead atoms. The number of thioether (sulfide) groups is 2. The Morgan fingerprint density at radius 3 is 1.83 bits per heavy atom. The predicted molar refractivity (Wildman–Crippen MR) is 93.7 cm³/mol. The molecule has 2 atom stereocenters. The van der Waals surface area contributed by atoms with Crippen LogP contribution in [0.4, 0.5) is 0 Å². The quantitative estimate of drug-likeness (QED) is 0.684. The van der Waals surface area contributed by atoms with E-state index >= 15 is 0 Å². The van der Waals surface area contributed by atoms with Crippen LogP contribution in [0.3, 0.4) is 0 Å². The smallest absolute Gasteiger partial charge is 0.0534 e. The molecule has 0 saturated carbocycles. The summed E-state index contributed by atoms with van der Waals surface area (Å²) in [4.78, 5) is 4.79. The van der Waals surface area contributed by atoms with E-state index in [1.165, 1.54) is 11.4 Å². The highest BCUT2D eigenvalue weighted by molar-refractivity contribution is 8.00. The third kappa shape index (κ3) is 5.68. The first-order valence-electron chi connectivity index (χ1n) is 6.10. The van der Waals surface area contributed by atoms with E-state index in [2.05, 4.69) is 57.3 Å². The van der Waals surface area contributed by atoms with Crippen LogP contribution < -0.4 is 0 Å².